The molecular weight excluding hydrogens is 254 g/mol. The number of amides is 1. The van der Waals surface area contributed by atoms with Crippen molar-refractivity contribution in [3.63, 3.8) is 0 Å². The van der Waals surface area contributed by atoms with E-state index in [0.29, 0.717) is 24.5 Å². The Balaban J connectivity index is 2.08. The number of hydrogen-bond acceptors (Lipinski definition) is 3. The van der Waals surface area contributed by atoms with Gasteiger partial charge in [-0.25, -0.2) is 0 Å². The van der Waals surface area contributed by atoms with E-state index in [1.807, 2.05) is 6.92 Å². The number of rotatable bonds is 3. The minimum atomic E-state index is -0.765. The van der Waals surface area contributed by atoms with Crippen LogP contribution in [0.3, 0.4) is 0 Å². The van der Waals surface area contributed by atoms with E-state index in [-0.39, 0.29) is 17.2 Å². The molecule has 98 valence electrons. The van der Waals surface area contributed by atoms with E-state index in [1.165, 1.54) is 23.1 Å². The maximum Gasteiger partial charge on any atom is 0.257 e. The molecule has 1 aliphatic heterocycles. The van der Waals surface area contributed by atoms with Gasteiger partial charge < -0.3 is 15.1 Å². The number of hydrogen-bond donors (Lipinski definition) is 2. The summed E-state index contributed by atoms with van der Waals surface area (Å²) in [4.78, 5) is 13.6. The van der Waals surface area contributed by atoms with Gasteiger partial charge in [-0.05, 0) is 24.6 Å². The number of aromatic hydroxyl groups is 1. The molecule has 5 heteroatoms. The fourth-order valence-electron chi connectivity index (χ4n) is 2.28. The Bertz CT molecular complexity index is 469. The maximum absolute atomic E-state index is 12.1. The van der Waals surface area contributed by atoms with Gasteiger partial charge in [-0.1, -0.05) is 24.9 Å². The highest BCUT2D eigenvalue weighted by Crippen LogP contribution is 2.30. The first-order valence-corrected chi connectivity index (χ1v) is 6.33. The maximum atomic E-state index is 12.1. The number of carbonyl (C=O) groups excluding carboxylic acids is 1. The summed E-state index contributed by atoms with van der Waals surface area (Å²) in [6.45, 7) is 2.61. The Morgan fingerprint density at radius 1 is 1.50 bits per heavy atom. The standard InChI is InChI=1S/C13H16ClNO3/c1-2-5-13(18)7-15(8-13)12(17)10-6-9(14)3-4-11(10)16/h3-4,6,16,18H,2,5,7-8H2,1H3. The van der Waals surface area contributed by atoms with Crippen molar-refractivity contribution in [2.75, 3.05) is 13.1 Å². The molecule has 1 heterocycles. The zero-order chi connectivity index (χ0) is 13.3. The van der Waals surface area contributed by atoms with Gasteiger partial charge in [0.25, 0.3) is 5.91 Å². The third kappa shape index (κ3) is 2.44. The predicted octanol–water partition coefficient (Wildman–Crippen LogP) is 2.03. The first kappa shape index (κ1) is 13.2. The van der Waals surface area contributed by atoms with Crippen molar-refractivity contribution < 1.29 is 15.0 Å². The van der Waals surface area contributed by atoms with Gasteiger partial charge in [-0.15, -0.1) is 0 Å². The lowest BCUT2D eigenvalue weighted by atomic mass is 9.88. The number of β-amino-alcohol motifs (C(OH)–C–C–N with tert-alkyl or cyclic N) is 1. The largest absolute Gasteiger partial charge is 0.507 e. The summed E-state index contributed by atoms with van der Waals surface area (Å²) >= 11 is 5.80. The average Bonchev–Trinajstić information content (AvgIpc) is 2.28. The molecule has 0 spiro atoms. The van der Waals surface area contributed by atoms with E-state index in [9.17, 15) is 15.0 Å². The number of phenolic OH excluding ortho intramolecular Hbond substituents is 1. The van der Waals surface area contributed by atoms with E-state index in [4.69, 9.17) is 11.6 Å². The normalized spacial score (nSPS) is 17.4. The molecule has 18 heavy (non-hydrogen) atoms. The molecule has 1 aromatic carbocycles. The number of likely N-dealkylation sites (tertiary alicyclic amines) is 1. The SMILES string of the molecule is CCCC1(O)CN(C(=O)c2cc(Cl)ccc2O)C1. The molecule has 1 aromatic rings. The van der Waals surface area contributed by atoms with E-state index < -0.39 is 5.60 Å². The quantitative estimate of drug-likeness (QED) is 0.883. The fraction of sp³-hybridized carbons (Fsp3) is 0.462. The Morgan fingerprint density at radius 2 is 2.17 bits per heavy atom. The molecule has 1 fully saturated rings. The van der Waals surface area contributed by atoms with E-state index >= 15 is 0 Å². The Labute approximate surface area is 111 Å². The van der Waals surface area contributed by atoms with Gasteiger partial charge >= 0.3 is 0 Å². The summed E-state index contributed by atoms with van der Waals surface area (Å²) < 4.78 is 0. The summed E-state index contributed by atoms with van der Waals surface area (Å²) in [5.74, 6) is -0.383. The zero-order valence-electron chi connectivity index (χ0n) is 10.2. The first-order chi connectivity index (χ1) is 8.45. The molecule has 1 amide bonds. The van der Waals surface area contributed by atoms with Crippen LogP contribution in [0.25, 0.3) is 0 Å². The van der Waals surface area contributed by atoms with Crippen molar-refractivity contribution in [1.29, 1.82) is 0 Å². The summed E-state index contributed by atoms with van der Waals surface area (Å²) in [5, 5.41) is 20.1. The van der Waals surface area contributed by atoms with Crippen molar-refractivity contribution >= 4 is 17.5 Å². The van der Waals surface area contributed by atoms with Gasteiger partial charge in [0.05, 0.1) is 24.3 Å². The predicted molar refractivity (Wildman–Crippen MR) is 68.9 cm³/mol. The number of halogens is 1. The third-order valence-corrected chi connectivity index (χ3v) is 3.40. The summed E-state index contributed by atoms with van der Waals surface area (Å²) in [6, 6.07) is 4.36. The number of aliphatic hydroxyl groups is 1. The van der Waals surface area contributed by atoms with Crippen molar-refractivity contribution in [3.8, 4) is 5.75 Å². The minimum absolute atomic E-state index is 0.0877. The van der Waals surface area contributed by atoms with Gasteiger partial charge in [-0.3, -0.25) is 4.79 Å². The average molecular weight is 270 g/mol. The molecule has 2 N–H and O–H groups in total. The highest BCUT2D eigenvalue weighted by Gasteiger charge is 2.43. The summed E-state index contributed by atoms with van der Waals surface area (Å²) in [7, 11) is 0. The topological polar surface area (TPSA) is 60.8 Å². The Morgan fingerprint density at radius 3 is 2.78 bits per heavy atom. The second-order valence-electron chi connectivity index (χ2n) is 4.80. The second-order valence-corrected chi connectivity index (χ2v) is 5.23. The lowest BCUT2D eigenvalue weighted by Crippen LogP contribution is -2.63. The van der Waals surface area contributed by atoms with Crippen LogP contribution in [0.5, 0.6) is 5.75 Å². The van der Waals surface area contributed by atoms with Crippen molar-refractivity contribution in [2.24, 2.45) is 0 Å². The van der Waals surface area contributed by atoms with E-state index in [0.717, 1.165) is 6.42 Å². The molecule has 0 atom stereocenters. The number of carbonyl (C=O) groups is 1. The van der Waals surface area contributed by atoms with Gasteiger partial charge in [-0.2, -0.15) is 0 Å². The van der Waals surface area contributed by atoms with Crippen LogP contribution in [-0.4, -0.2) is 39.7 Å². The zero-order valence-corrected chi connectivity index (χ0v) is 10.9. The fourth-order valence-corrected chi connectivity index (χ4v) is 2.45. The summed E-state index contributed by atoms with van der Waals surface area (Å²) in [5.41, 5.74) is -0.584. The monoisotopic (exact) mass is 269 g/mol. The molecule has 1 aliphatic rings. The molecule has 0 aliphatic carbocycles. The number of nitrogens with zero attached hydrogens (tertiary/aromatic N) is 1. The molecule has 2 rings (SSSR count). The molecule has 0 aromatic heterocycles. The first-order valence-electron chi connectivity index (χ1n) is 5.95. The number of phenols is 1. The smallest absolute Gasteiger partial charge is 0.257 e. The molecule has 0 radical (unpaired) electrons. The molecule has 1 saturated heterocycles. The van der Waals surface area contributed by atoms with Crippen LogP contribution >= 0.6 is 11.6 Å². The molecule has 0 bridgehead atoms. The van der Waals surface area contributed by atoms with Gasteiger partial charge in [0, 0.05) is 5.02 Å². The van der Waals surface area contributed by atoms with Crippen molar-refractivity contribution in [1.82, 2.24) is 4.90 Å². The highest BCUT2D eigenvalue weighted by molar-refractivity contribution is 6.31. The van der Waals surface area contributed by atoms with E-state index in [2.05, 4.69) is 0 Å². The third-order valence-electron chi connectivity index (χ3n) is 3.16. The van der Waals surface area contributed by atoms with Crippen molar-refractivity contribution in [3.05, 3.63) is 28.8 Å². The second kappa shape index (κ2) is 4.78. The highest BCUT2D eigenvalue weighted by atomic mass is 35.5. The number of benzene rings is 1. The minimum Gasteiger partial charge on any atom is -0.507 e. The van der Waals surface area contributed by atoms with Crippen LogP contribution in [0.1, 0.15) is 30.1 Å². The van der Waals surface area contributed by atoms with Crippen LogP contribution in [-0.2, 0) is 0 Å². The molecule has 0 unspecified atom stereocenters. The van der Waals surface area contributed by atoms with Crippen LogP contribution in [0.15, 0.2) is 18.2 Å². The lowest BCUT2D eigenvalue weighted by Gasteiger charge is -2.46. The van der Waals surface area contributed by atoms with Crippen LogP contribution in [0, 0.1) is 0 Å². The van der Waals surface area contributed by atoms with E-state index in [1.54, 1.807) is 0 Å². The Kier molecular flexibility index (Phi) is 3.50. The molecular formula is C13H16ClNO3. The summed E-state index contributed by atoms with van der Waals surface area (Å²) in [6.07, 6.45) is 1.55. The van der Waals surface area contributed by atoms with Gasteiger partial charge in [0.15, 0.2) is 0 Å². The van der Waals surface area contributed by atoms with Gasteiger partial charge in [0.1, 0.15) is 5.75 Å². The van der Waals surface area contributed by atoms with Crippen molar-refractivity contribution in [2.45, 2.75) is 25.4 Å². The van der Waals surface area contributed by atoms with Crippen LogP contribution < -0.4 is 0 Å². The lowest BCUT2D eigenvalue weighted by molar-refractivity contribution is -0.0860. The Hall–Kier alpha value is -1.26. The molecule has 0 saturated carbocycles. The molecule has 4 nitrogen and oxygen atoms in total. The van der Waals surface area contributed by atoms with Crippen LogP contribution in [0.2, 0.25) is 5.02 Å². The van der Waals surface area contributed by atoms with Gasteiger partial charge in [0.2, 0.25) is 0 Å². The van der Waals surface area contributed by atoms with Crippen LogP contribution in [0.4, 0.5) is 0 Å².